The molecule has 1 aliphatic rings. The number of ether oxygens (including phenoxy) is 1. The van der Waals surface area contributed by atoms with Crippen LogP contribution in [0.3, 0.4) is 0 Å². The molecule has 1 atom stereocenters. The Hall–Kier alpha value is -1.50. The third kappa shape index (κ3) is 2.12. The van der Waals surface area contributed by atoms with E-state index in [0.29, 0.717) is 5.92 Å². The lowest BCUT2D eigenvalue weighted by molar-refractivity contribution is 0.296. The van der Waals surface area contributed by atoms with E-state index in [4.69, 9.17) is 4.74 Å². The molecule has 0 aliphatic heterocycles. The van der Waals surface area contributed by atoms with Gasteiger partial charge in [0.05, 0.1) is 7.11 Å². The average molecular weight is 200 g/mol. The van der Waals surface area contributed by atoms with Gasteiger partial charge in [-0.25, -0.2) is 0 Å². The average Bonchev–Trinajstić information content (AvgIpc) is 2.31. The van der Waals surface area contributed by atoms with Crippen molar-refractivity contribution in [3.63, 3.8) is 0 Å². The molecule has 0 saturated carbocycles. The van der Waals surface area contributed by atoms with Gasteiger partial charge in [-0.1, -0.05) is 36.4 Å². The van der Waals surface area contributed by atoms with E-state index in [1.54, 1.807) is 7.11 Å². The van der Waals surface area contributed by atoms with Crippen LogP contribution in [0.5, 0.6) is 0 Å². The molecule has 1 heteroatoms. The summed E-state index contributed by atoms with van der Waals surface area (Å²) < 4.78 is 5.35. The fourth-order valence-electron chi connectivity index (χ4n) is 1.95. The first-order chi connectivity index (χ1) is 7.31. The quantitative estimate of drug-likeness (QED) is 0.708. The van der Waals surface area contributed by atoms with Gasteiger partial charge in [-0.3, -0.25) is 0 Å². The summed E-state index contributed by atoms with van der Waals surface area (Å²) in [6.07, 6.45) is 5.53. The standard InChI is InChI=1S/C14H16O/c1-11-8-9-13(10-14(11)15-2)12-6-4-3-5-7-12/h3-8,10,13H,9H2,1-2H3/t13-/m0/s1. The van der Waals surface area contributed by atoms with E-state index in [1.165, 1.54) is 11.1 Å². The maximum Gasteiger partial charge on any atom is 0.118 e. The molecular weight excluding hydrogens is 184 g/mol. The van der Waals surface area contributed by atoms with Crippen molar-refractivity contribution in [3.8, 4) is 0 Å². The highest BCUT2D eigenvalue weighted by atomic mass is 16.5. The van der Waals surface area contributed by atoms with Gasteiger partial charge in [0.1, 0.15) is 5.76 Å². The van der Waals surface area contributed by atoms with E-state index in [9.17, 15) is 0 Å². The van der Waals surface area contributed by atoms with E-state index in [2.05, 4.69) is 43.3 Å². The van der Waals surface area contributed by atoms with Gasteiger partial charge in [0, 0.05) is 5.92 Å². The van der Waals surface area contributed by atoms with Crippen molar-refractivity contribution in [3.05, 3.63) is 59.4 Å². The summed E-state index contributed by atoms with van der Waals surface area (Å²) in [5.74, 6) is 1.47. The van der Waals surface area contributed by atoms with Crippen LogP contribution >= 0.6 is 0 Å². The first kappa shape index (κ1) is 10.0. The van der Waals surface area contributed by atoms with Crippen molar-refractivity contribution >= 4 is 0 Å². The Bertz CT molecular complexity index is 387. The van der Waals surface area contributed by atoms with Gasteiger partial charge in [-0.2, -0.15) is 0 Å². The van der Waals surface area contributed by atoms with Crippen LogP contribution in [0.1, 0.15) is 24.8 Å². The molecule has 0 fully saturated rings. The van der Waals surface area contributed by atoms with Crippen LogP contribution in [0, 0.1) is 0 Å². The van der Waals surface area contributed by atoms with Gasteiger partial charge in [-0.15, -0.1) is 0 Å². The van der Waals surface area contributed by atoms with Crippen molar-refractivity contribution in [1.29, 1.82) is 0 Å². The zero-order chi connectivity index (χ0) is 10.7. The number of hydrogen-bond donors (Lipinski definition) is 0. The van der Waals surface area contributed by atoms with Crippen molar-refractivity contribution < 1.29 is 4.74 Å². The summed E-state index contributed by atoms with van der Waals surface area (Å²) in [7, 11) is 1.73. The topological polar surface area (TPSA) is 9.23 Å². The summed E-state index contributed by atoms with van der Waals surface area (Å²) in [6.45, 7) is 2.09. The molecule has 0 unspecified atom stereocenters. The van der Waals surface area contributed by atoms with Crippen molar-refractivity contribution in [2.45, 2.75) is 19.3 Å². The van der Waals surface area contributed by atoms with E-state index in [-0.39, 0.29) is 0 Å². The molecule has 2 rings (SSSR count). The summed E-state index contributed by atoms with van der Waals surface area (Å²) >= 11 is 0. The molecule has 0 amide bonds. The Balaban J connectivity index is 2.25. The molecule has 0 heterocycles. The maximum atomic E-state index is 5.35. The molecule has 0 radical (unpaired) electrons. The second-order valence-corrected chi connectivity index (χ2v) is 3.88. The maximum absolute atomic E-state index is 5.35. The Morgan fingerprint density at radius 1 is 1.20 bits per heavy atom. The minimum Gasteiger partial charge on any atom is -0.497 e. The Labute approximate surface area is 91.1 Å². The monoisotopic (exact) mass is 200 g/mol. The lowest BCUT2D eigenvalue weighted by Crippen LogP contribution is -2.03. The molecule has 0 bridgehead atoms. The Kier molecular flexibility index (Phi) is 2.91. The largest absolute Gasteiger partial charge is 0.497 e. The predicted octanol–water partition coefficient (Wildman–Crippen LogP) is 3.65. The first-order valence-electron chi connectivity index (χ1n) is 5.29. The van der Waals surface area contributed by atoms with E-state index >= 15 is 0 Å². The molecule has 15 heavy (non-hydrogen) atoms. The van der Waals surface area contributed by atoms with Crippen molar-refractivity contribution in [2.24, 2.45) is 0 Å². The first-order valence-corrected chi connectivity index (χ1v) is 5.29. The van der Waals surface area contributed by atoms with Crippen LogP contribution in [0.15, 0.2) is 53.8 Å². The smallest absolute Gasteiger partial charge is 0.118 e. The number of methoxy groups -OCH3 is 1. The highest BCUT2D eigenvalue weighted by Crippen LogP contribution is 2.30. The molecule has 0 saturated heterocycles. The molecule has 1 aliphatic carbocycles. The third-order valence-corrected chi connectivity index (χ3v) is 2.87. The molecule has 1 aromatic rings. The molecular formula is C14H16O. The minimum atomic E-state index is 0.463. The van der Waals surface area contributed by atoms with Crippen LogP contribution in [-0.2, 0) is 4.74 Å². The van der Waals surface area contributed by atoms with Crippen LogP contribution < -0.4 is 0 Å². The third-order valence-electron chi connectivity index (χ3n) is 2.87. The van der Waals surface area contributed by atoms with E-state index < -0.39 is 0 Å². The summed E-state index contributed by atoms with van der Waals surface area (Å²) in [5, 5.41) is 0. The lowest BCUT2D eigenvalue weighted by atomic mass is 9.90. The van der Waals surface area contributed by atoms with Gasteiger partial charge < -0.3 is 4.74 Å². The van der Waals surface area contributed by atoms with E-state index in [0.717, 1.165) is 12.2 Å². The summed E-state index contributed by atoms with van der Waals surface area (Å²) in [4.78, 5) is 0. The Morgan fingerprint density at radius 2 is 1.93 bits per heavy atom. The predicted molar refractivity (Wildman–Crippen MR) is 62.6 cm³/mol. The van der Waals surface area contributed by atoms with Gasteiger partial charge in [0.25, 0.3) is 0 Å². The summed E-state index contributed by atoms with van der Waals surface area (Å²) in [6, 6.07) is 10.6. The van der Waals surface area contributed by atoms with Gasteiger partial charge in [0.2, 0.25) is 0 Å². The van der Waals surface area contributed by atoms with Crippen molar-refractivity contribution in [1.82, 2.24) is 0 Å². The fraction of sp³-hybridized carbons (Fsp3) is 0.286. The second-order valence-electron chi connectivity index (χ2n) is 3.88. The van der Waals surface area contributed by atoms with Gasteiger partial charge >= 0.3 is 0 Å². The fourth-order valence-corrected chi connectivity index (χ4v) is 1.95. The van der Waals surface area contributed by atoms with Gasteiger partial charge in [-0.05, 0) is 30.6 Å². The number of rotatable bonds is 2. The molecule has 0 spiro atoms. The minimum absolute atomic E-state index is 0.463. The normalized spacial score (nSPS) is 20.5. The second kappa shape index (κ2) is 4.35. The zero-order valence-corrected chi connectivity index (χ0v) is 9.23. The van der Waals surface area contributed by atoms with Crippen LogP contribution in [-0.4, -0.2) is 7.11 Å². The summed E-state index contributed by atoms with van der Waals surface area (Å²) in [5.41, 5.74) is 2.60. The van der Waals surface area contributed by atoms with Crippen molar-refractivity contribution in [2.75, 3.05) is 7.11 Å². The lowest BCUT2D eigenvalue weighted by Gasteiger charge is -2.19. The molecule has 1 aromatic carbocycles. The number of allylic oxidation sites excluding steroid dienone is 3. The number of hydrogen-bond acceptors (Lipinski definition) is 1. The van der Waals surface area contributed by atoms with Crippen LogP contribution in [0.2, 0.25) is 0 Å². The molecule has 1 nitrogen and oxygen atoms in total. The molecule has 0 aromatic heterocycles. The molecule has 0 N–H and O–H groups in total. The van der Waals surface area contributed by atoms with E-state index in [1.807, 2.05) is 6.07 Å². The van der Waals surface area contributed by atoms with Crippen LogP contribution in [0.25, 0.3) is 0 Å². The zero-order valence-electron chi connectivity index (χ0n) is 9.23. The van der Waals surface area contributed by atoms with Gasteiger partial charge in [0.15, 0.2) is 0 Å². The SMILES string of the molecule is COC1=C[C@@H](c2ccccc2)CC=C1C. The number of benzene rings is 1. The highest BCUT2D eigenvalue weighted by Gasteiger charge is 2.14. The molecule has 78 valence electrons. The van der Waals surface area contributed by atoms with Crippen LogP contribution in [0.4, 0.5) is 0 Å². The highest BCUT2D eigenvalue weighted by molar-refractivity contribution is 5.35. The Morgan fingerprint density at radius 3 is 2.60 bits per heavy atom.